The van der Waals surface area contributed by atoms with Crippen LogP contribution in [0.1, 0.15) is 21.5 Å². The number of hydrogen-bond donors (Lipinski definition) is 1. The van der Waals surface area contributed by atoms with Crippen molar-refractivity contribution in [3.05, 3.63) is 88.2 Å². The van der Waals surface area contributed by atoms with E-state index >= 15 is 0 Å². The van der Waals surface area contributed by atoms with Crippen molar-refractivity contribution in [3.63, 3.8) is 0 Å². The number of anilines is 1. The summed E-state index contributed by atoms with van der Waals surface area (Å²) < 4.78 is 19.0. The van der Waals surface area contributed by atoms with Gasteiger partial charge in [-0.2, -0.15) is 0 Å². The van der Waals surface area contributed by atoms with Crippen LogP contribution in [0.3, 0.4) is 0 Å². The molecule has 0 aliphatic carbocycles. The van der Waals surface area contributed by atoms with Crippen LogP contribution < -0.4 is 10.1 Å². The Labute approximate surface area is 156 Å². The summed E-state index contributed by atoms with van der Waals surface area (Å²) in [4.78, 5) is 12.8. The SMILES string of the molecule is Cc1cccc(NC(=O)c2c(C)cccc2Oc2ccc(F)cc2Cl)c1. The summed E-state index contributed by atoms with van der Waals surface area (Å²) in [6, 6.07) is 16.7. The summed E-state index contributed by atoms with van der Waals surface area (Å²) in [5.74, 6) is -0.113. The predicted molar refractivity (Wildman–Crippen MR) is 102 cm³/mol. The van der Waals surface area contributed by atoms with Crippen molar-refractivity contribution in [3.8, 4) is 11.5 Å². The molecule has 0 aliphatic heterocycles. The molecule has 0 aromatic heterocycles. The van der Waals surface area contributed by atoms with E-state index in [-0.39, 0.29) is 16.7 Å². The molecule has 0 aliphatic rings. The van der Waals surface area contributed by atoms with Gasteiger partial charge in [0.15, 0.2) is 0 Å². The molecule has 0 spiro atoms. The lowest BCUT2D eigenvalue weighted by molar-refractivity contribution is 0.102. The highest BCUT2D eigenvalue weighted by Gasteiger charge is 2.17. The average molecular weight is 370 g/mol. The van der Waals surface area contributed by atoms with Gasteiger partial charge in [0, 0.05) is 5.69 Å². The van der Waals surface area contributed by atoms with Gasteiger partial charge < -0.3 is 10.1 Å². The molecule has 0 heterocycles. The highest BCUT2D eigenvalue weighted by molar-refractivity contribution is 6.32. The minimum absolute atomic E-state index is 0.136. The normalized spacial score (nSPS) is 10.5. The first-order valence-electron chi connectivity index (χ1n) is 8.04. The summed E-state index contributed by atoms with van der Waals surface area (Å²) in [5, 5.41) is 3.01. The second-order valence-electron chi connectivity index (χ2n) is 5.95. The van der Waals surface area contributed by atoms with Crippen LogP contribution in [0.25, 0.3) is 0 Å². The number of ether oxygens (including phenoxy) is 1. The Morgan fingerprint density at radius 3 is 2.50 bits per heavy atom. The molecule has 3 rings (SSSR count). The zero-order valence-corrected chi connectivity index (χ0v) is 15.1. The van der Waals surface area contributed by atoms with Crippen molar-refractivity contribution in [1.82, 2.24) is 0 Å². The number of halogens is 2. The maximum atomic E-state index is 13.2. The van der Waals surface area contributed by atoms with Crippen LogP contribution in [0.4, 0.5) is 10.1 Å². The third-order valence-electron chi connectivity index (χ3n) is 3.85. The first kappa shape index (κ1) is 18.0. The largest absolute Gasteiger partial charge is 0.455 e. The lowest BCUT2D eigenvalue weighted by Crippen LogP contribution is -2.14. The maximum absolute atomic E-state index is 13.2. The van der Waals surface area contributed by atoms with E-state index in [1.165, 1.54) is 18.2 Å². The molecule has 0 fully saturated rings. The molecule has 0 unspecified atom stereocenters. The minimum atomic E-state index is -0.455. The van der Waals surface area contributed by atoms with Crippen LogP contribution in [-0.4, -0.2) is 5.91 Å². The standard InChI is InChI=1S/C21H17ClFNO2/c1-13-5-3-7-16(11-13)24-21(25)20-14(2)6-4-8-19(20)26-18-10-9-15(23)12-17(18)22/h3-12H,1-2H3,(H,24,25). The molecule has 0 radical (unpaired) electrons. The molecule has 1 N–H and O–H groups in total. The Morgan fingerprint density at radius 1 is 1.00 bits per heavy atom. The van der Waals surface area contributed by atoms with Crippen molar-refractivity contribution in [2.75, 3.05) is 5.32 Å². The van der Waals surface area contributed by atoms with Gasteiger partial charge in [0.1, 0.15) is 17.3 Å². The Balaban J connectivity index is 1.93. The van der Waals surface area contributed by atoms with Crippen LogP contribution in [0.15, 0.2) is 60.7 Å². The summed E-state index contributed by atoms with van der Waals surface area (Å²) >= 11 is 6.03. The minimum Gasteiger partial charge on any atom is -0.455 e. The molecule has 0 saturated carbocycles. The molecular weight excluding hydrogens is 353 g/mol. The van der Waals surface area contributed by atoms with Gasteiger partial charge in [-0.15, -0.1) is 0 Å². The number of carbonyl (C=O) groups is 1. The van der Waals surface area contributed by atoms with Gasteiger partial charge in [-0.1, -0.05) is 35.9 Å². The molecular formula is C21H17ClFNO2. The number of carbonyl (C=O) groups excluding carboxylic acids is 1. The second kappa shape index (κ2) is 7.58. The number of aryl methyl sites for hydroxylation is 2. The molecule has 5 heteroatoms. The van der Waals surface area contributed by atoms with Crippen molar-refractivity contribution in [2.45, 2.75) is 13.8 Å². The van der Waals surface area contributed by atoms with E-state index in [1.807, 2.05) is 44.2 Å². The van der Waals surface area contributed by atoms with Crippen LogP contribution in [0, 0.1) is 19.7 Å². The summed E-state index contributed by atoms with van der Waals surface area (Å²) in [6.07, 6.45) is 0. The van der Waals surface area contributed by atoms with E-state index in [0.717, 1.165) is 11.1 Å². The van der Waals surface area contributed by atoms with Gasteiger partial charge in [-0.25, -0.2) is 4.39 Å². The van der Waals surface area contributed by atoms with E-state index in [2.05, 4.69) is 5.32 Å². The molecule has 0 saturated heterocycles. The summed E-state index contributed by atoms with van der Waals surface area (Å²) in [7, 11) is 0. The first-order chi connectivity index (χ1) is 12.4. The fourth-order valence-electron chi connectivity index (χ4n) is 2.61. The van der Waals surface area contributed by atoms with Gasteiger partial charge >= 0.3 is 0 Å². The van der Waals surface area contributed by atoms with Crippen molar-refractivity contribution < 1.29 is 13.9 Å². The molecule has 0 atom stereocenters. The summed E-state index contributed by atoms with van der Waals surface area (Å²) in [6.45, 7) is 3.78. The van der Waals surface area contributed by atoms with Gasteiger partial charge in [-0.05, 0) is 61.4 Å². The Kier molecular flexibility index (Phi) is 5.24. The van der Waals surface area contributed by atoms with Gasteiger partial charge in [-0.3, -0.25) is 4.79 Å². The van der Waals surface area contributed by atoms with Crippen LogP contribution in [-0.2, 0) is 0 Å². The zero-order valence-electron chi connectivity index (χ0n) is 14.3. The number of amides is 1. The van der Waals surface area contributed by atoms with E-state index in [1.54, 1.807) is 12.1 Å². The van der Waals surface area contributed by atoms with E-state index < -0.39 is 5.82 Å². The molecule has 26 heavy (non-hydrogen) atoms. The van der Waals surface area contributed by atoms with Crippen LogP contribution >= 0.6 is 11.6 Å². The summed E-state index contributed by atoms with van der Waals surface area (Å²) in [5.41, 5.74) is 2.89. The van der Waals surface area contributed by atoms with Crippen molar-refractivity contribution >= 4 is 23.2 Å². The van der Waals surface area contributed by atoms with Crippen LogP contribution in [0.2, 0.25) is 5.02 Å². The predicted octanol–water partition coefficient (Wildman–Crippen LogP) is 6.14. The van der Waals surface area contributed by atoms with E-state index in [0.29, 0.717) is 17.0 Å². The average Bonchev–Trinajstić information content (AvgIpc) is 2.57. The molecule has 3 aromatic rings. The highest BCUT2D eigenvalue weighted by atomic mass is 35.5. The van der Waals surface area contributed by atoms with E-state index in [9.17, 15) is 9.18 Å². The smallest absolute Gasteiger partial charge is 0.259 e. The fraction of sp³-hybridized carbons (Fsp3) is 0.0952. The van der Waals surface area contributed by atoms with E-state index in [4.69, 9.17) is 16.3 Å². The highest BCUT2D eigenvalue weighted by Crippen LogP contribution is 2.33. The molecule has 3 aromatic carbocycles. The first-order valence-corrected chi connectivity index (χ1v) is 8.42. The quantitative estimate of drug-likeness (QED) is 0.599. The lowest BCUT2D eigenvalue weighted by atomic mass is 10.1. The monoisotopic (exact) mass is 369 g/mol. The Morgan fingerprint density at radius 2 is 1.77 bits per heavy atom. The molecule has 0 bridgehead atoms. The molecule has 3 nitrogen and oxygen atoms in total. The molecule has 1 amide bonds. The number of hydrogen-bond acceptors (Lipinski definition) is 2. The number of benzene rings is 3. The third kappa shape index (κ3) is 4.03. The zero-order chi connectivity index (χ0) is 18.7. The topological polar surface area (TPSA) is 38.3 Å². The fourth-order valence-corrected chi connectivity index (χ4v) is 2.82. The van der Waals surface area contributed by atoms with Gasteiger partial charge in [0.2, 0.25) is 0 Å². The number of rotatable bonds is 4. The van der Waals surface area contributed by atoms with Crippen molar-refractivity contribution in [2.24, 2.45) is 0 Å². The third-order valence-corrected chi connectivity index (χ3v) is 4.15. The van der Waals surface area contributed by atoms with Gasteiger partial charge in [0.25, 0.3) is 5.91 Å². The van der Waals surface area contributed by atoms with Crippen molar-refractivity contribution in [1.29, 1.82) is 0 Å². The van der Waals surface area contributed by atoms with Crippen LogP contribution in [0.5, 0.6) is 11.5 Å². The molecule has 132 valence electrons. The maximum Gasteiger partial charge on any atom is 0.259 e. The number of nitrogens with one attached hydrogen (secondary N) is 1. The van der Waals surface area contributed by atoms with Gasteiger partial charge in [0.05, 0.1) is 10.6 Å². The Bertz CT molecular complexity index is 972. The Hall–Kier alpha value is -2.85. The second-order valence-corrected chi connectivity index (χ2v) is 6.36. The lowest BCUT2D eigenvalue weighted by Gasteiger charge is -2.14.